The van der Waals surface area contributed by atoms with Crippen LogP contribution in [0.1, 0.15) is 41.5 Å². The molecule has 2 aliphatic rings. The maximum atomic E-state index is 14.9. The van der Waals surface area contributed by atoms with Gasteiger partial charge in [-0.25, -0.2) is 0 Å². The van der Waals surface area contributed by atoms with Crippen molar-refractivity contribution < 1.29 is 33.5 Å². The largest absolute Gasteiger partial charge is 0.378 e. The van der Waals surface area contributed by atoms with Gasteiger partial charge in [0, 0.05) is 76.6 Å². The highest BCUT2D eigenvalue weighted by Gasteiger charge is 2.44. The third-order valence-corrected chi connectivity index (χ3v) is 11.7. The highest BCUT2D eigenvalue weighted by atomic mass is 16.5. The van der Waals surface area contributed by atoms with Crippen molar-refractivity contribution in [3.8, 4) is 11.1 Å². The third kappa shape index (κ3) is 13.3. The van der Waals surface area contributed by atoms with E-state index in [1.54, 1.807) is 54.5 Å². The molecule has 6 amide bonds. The zero-order chi connectivity index (χ0) is 46.2. The summed E-state index contributed by atoms with van der Waals surface area (Å²) >= 11 is 0. The normalized spacial score (nSPS) is 20.7. The Morgan fingerprint density at radius 1 is 0.846 bits per heavy atom. The summed E-state index contributed by atoms with van der Waals surface area (Å²) in [6, 6.07) is 25.3. The number of fused-ring (bicyclic) bond motifs is 3. The van der Waals surface area contributed by atoms with Gasteiger partial charge in [-0.3, -0.25) is 33.6 Å². The molecule has 3 aromatic carbocycles. The van der Waals surface area contributed by atoms with E-state index >= 15 is 0 Å². The van der Waals surface area contributed by atoms with E-state index in [4.69, 9.17) is 10.5 Å². The molecule has 1 fully saturated rings. The van der Waals surface area contributed by atoms with Crippen molar-refractivity contribution >= 4 is 35.4 Å². The van der Waals surface area contributed by atoms with Gasteiger partial charge >= 0.3 is 0 Å². The van der Waals surface area contributed by atoms with Crippen molar-refractivity contribution in [2.45, 2.75) is 57.2 Å². The molecule has 2 bridgehead atoms. The van der Waals surface area contributed by atoms with Gasteiger partial charge in [-0.15, -0.1) is 0 Å². The number of hydrogen-bond acceptors (Lipinski definition) is 9. The van der Waals surface area contributed by atoms with Gasteiger partial charge in [0.15, 0.2) is 0 Å². The number of amides is 6. The second-order valence-corrected chi connectivity index (χ2v) is 16.5. The number of aryl methyl sites for hydroxylation is 1. The minimum atomic E-state index is -1.13. The maximum absolute atomic E-state index is 14.9. The number of nitrogens with one attached hydrogen (secondary N) is 5. The average Bonchev–Trinajstić information content (AvgIpc) is 3.31. The van der Waals surface area contributed by atoms with E-state index in [0.29, 0.717) is 54.8 Å². The molecule has 3 heterocycles. The Morgan fingerprint density at radius 3 is 2.37 bits per heavy atom. The van der Waals surface area contributed by atoms with Gasteiger partial charge in [-0.05, 0) is 65.6 Å². The summed E-state index contributed by atoms with van der Waals surface area (Å²) in [4.78, 5) is 97.3. The fraction of sp³-hybridized carbons (Fsp3) is 0.367. The van der Waals surface area contributed by atoms with Gasteiger partial charge in [0.25, 0.3) is 5.56 Å². The number of nitrogens with two attached hydrogens (primary N) is 1. The predicted octanol–water partition coefficient (Wildman–Crippen LogP) is 1.44. The quantitative estimate of drug-likeness (QED) is 0.120. The Bertz CT molecular complexity index is 2400. The van der Waals surface area contributed by atoms with Crippen molar-refractivity contribution in [1.82, 2.24) is 36.1 Å². The molecule has 0 unspecified atom stereocenters. The smallest absolute Gasteiger partial charge is 0.258 e. The fourth-order valence-electron chi connectivity index (χ4n) is 8.21. The second kappa shape index (κ2) is 23.1. The van der Waals surface area contributed by atoms with Crippen LogP contribution in [-0.4, -0.2) is 103 Å². The molecule has 1 saturated heterocycles. The van der Waals surface area contributed by atoms with Gasteiger partial charge in [0.1, 0.15) is 12.1 Å². The fourth-order valence-corrected chi connectivity index (χ4v) is 8.21. The first-order valence-electron chi connectivity index (χ1n) is 22.0. The van der Waals surface area contributed by atoms with Gasteiger partial charge < -0.3 is 46.5 Å². The Labute approximate surface area is 378 Å². The van der Waals surface area contributed by atoms with Gasteiger partial charge in [-0.1, -0.05) is 78.9 Å². The first-order chi connectivity index (χ1) is 31.4. The molecular formula is C49H58N8O8. The molecular weight excluding hydrogens is 829 g/mol. The van der Waals surface area contributed by atoms with Crippen LogP contribution >= 0.6 is 0 Å². The highest BCUT2D eigenvalue weighted by Crippen LogP contribution is 2.35. The summed E-state index contributed by atoms with van der Waals surface area (Å²) < 4.78 is 6.86. The number of aromatic nitrogens is 1. The summed E-state index contributed by atoms with van der Waals surface area (Å²) in [6.45, 7) is 1.46. The van der Waals surface area contributed by atoms with E-state index in [1.807, 2.05) is 54.6 Å². The standard InChI is InChI=1S/C49H58N8O8/c1-56-25-7-13-39(47(56)63)36-16-14-34(15-17-36)29-41-46(62)53-32-38-12-6-5-11-37(38)30-43(59)54-40(45(61)52-24-28-65-27-22-50)20-23-51-42(58)18-19-44(60)57-26-8-21-49(33-57,48(64)55-41)31-35-9-3-2-4-10-35/h2-7,9-19,25,40-41H,8,20-24,26-33,50H2,1H3,(H,51,58)(H,52,61)(H,53,62)(H,54,59)(H,55,64)/b19-18+/t40-,41-,49-/m0/s1. The topological polar surface area (TPSA) is 223 Å². The van der Waals surface area contributed by atoms with Crippen LogP contribution in [0.4, 0.5) is 0 Å². The van der Waals surface area contributed by atoms with E-state index in [2.05, 4.69) is 26.6 Å². The molecule has 2 aliphatic heterocycles. The lowest BCUT2D eigenvalue weighted by Crippen LogP contribution is -2.58. The summed E-state index contributed by atoms with van der Waals surface area (Å²) in [5.41, 5.74) is 8.28. The minimum Gasteiger partial charge on any atom is -0.378 e. The molecule has 1 aromatic heterocycles. The SMILES string of the molecule is Cn1cccc(-c2ccc(C[C@@H]3NC(=O)[C@]4(Cc5ccccc5)CCCN(C4)C(=O)/C=C/C(=O)NCC[C@@H](C(=O)NCCOCCN)NC(=O)Cc4ccccc4CNC3=O)cc2)c1=O. The van der Waals surface area contributed by atoms with E-state index in [0.717, 1.165) is 23.3 Å². The number of carbonyl (C=O) groups excluding carboxylic acids is 6. The number of nitrogens with zero attached hydrogens (tertiary/aromatic N) is 2. The molecule has 16 nitrogen and oxygen atoms in total. The minimum absolute atomic E-state index is 0.00433. The third-order valence-electron chi connectivity index (χ3n) is 11.7. The summed E-state index contributed by atoms with van der Waals surface area (Å²) in [5.74, 6) is -2.84. The molecule has 0 saturated carbocycles. The molecule has 7 N–H and O–H groups in total. The molecule has 16 heteroatoms. The molecule has 342 valence electrons. The molecule has 0 aliphatic carbocycles. The summed E-state index contributed by atoms with van der Waals surface area (Å²) in [6.07, 6.45) is 5.19. The summed E-state index contributed by atoms with van der Waals surface area (Å²) in [5, 5.41) is 14.3. The van der Waals surface area contributed by atoms with Crippen LogP contribution in [-0.2, 0) is 66.4 Å². The summed E-state index contributed by atoms with van der Waals surface area (Å²) in [7, 11) is 1.68. The Balaban J connectivity index is 1.31. The number of benzene rings is 3. The molecule has 6 rings (SSSR count). The average molecular weight is 887 g/mol. The number of rotatable bonds is 11. The Hall–Kier alpha value is -6.91. The first-order valence-corrected chi connectivity index (χ1v) is 22.0. The number of carbonyl (C=O) groups is 6. The van der Waals surface area contributed by atoms with Crippen LogP contribution < -0.4 is 37.9 Å². The van der Waals surface area contributed by atoms with Gasteiger partial charge in [0.2, 0.25) is 35.4 Å². The van der Waals surface area contributed by atoms with Crippen molar-refractivity contribution in [2.75, 3.05) is 45.9 Å². The maximum Gasteiger partial charge on any atom is 0.258 e. The molecule has 0 radical (unpaired) electrons. The predicted molar refractivity (Wildman–Crippen MR) is 245 cm³/mol. The van der Waals surface area contributed by atoms with Crippen LogP contribution in [0.5, 0.6) is 0 Å². The zero-order valence-electron chi connectivity index (χ0n) is 36.7. The lowest BCUT2D eigenvalue weighted by atomic mass is 9.74. The molecule has 3 atom stereocenters. The van der Waals surface area contributed by atoms with E-state index in [9.17, 15) is 33.6 Å². The van der Waals surface area contributed by atoms with Crippen molar-refractivity contribution in [3.05, 3.63) is 142 Å². The lowest BCUT2D eigenvalue weighted by molar-refractivity contribution is -0.141. The van der Waals surface area contributed by atoms with Crippen LogP contribution in [0.15, 0.2) is 114 Å². The van der Waals surface area contributed by atoms with Crippen molar-refractivity contribution in [2.24, 2.45) is 18.2 Å². The Morgan fingerprint density at radius 2 is 1.60 bits per heavy atom. The monoisotopic (exact) mass is 886 g/mol. The number of pyridine rings is 1. The first kappa shape index (κ1) is 47.6. The lowest BCUT2D eigenvalue weighted by Gasteiger charge is -2.42. The molecule has 4 aromatic rings. The number of piperidine rings is 1. The highest BCUT2D eigenvalue weighted by molar-refractivity contribution is 5.97. The van der Waals surface area contributed by atoms with E-state index in [-0.39, 0.29) is 64.0 Å². The van der Waals surface area contributed by atoms with Gasteiger partial charge in [-0.2, -0.15) is 0 Å². The number of ether oxygens (including phenoxy) is 1. The van der Waals surface area contributed by atoms with Crippen molar-refractivity contribution in [1.29, 1.82) is 0 Å². The van der Waals surface area contributed by atoms with Crippen LogP contribution in [0.2, 0.25) is 0 Å². The van der Waals surface area contributed by atoms with Crippen LogP contribution in [0, 0.1) is 5.41 Å². The van der Waals surface area contributed by atoms with Gasteiger partial charge in [0.05, 0.1) is 25.0 Å². The molecule has 65 heavy (non-hydrogen) atoms. The van der Waals surface area contributed by atoms with E-state index in [1.165, 1.54) is 4.57 Å². The number of hydrogen-bond donors (Lipinski definition) is 6. The zero-order valence-corrected chi connectivity index (χ0v) is 36.7. The second-order valence-electron chi connectivity index (χ2n) is 16.5. The van der Waals surface area contributed by atoms with Crippen LogP contribution in [0.3, 0.4) is 0 Å². The van der Waals surface area contributed by atoms with E-state index < -0.39 is 52.9 Å². The Kier molecular flexibility index (Phi) is 16.9. The van der Waals surface area contributed by atoms with Crippen LogP contribution in [0.25, 0.3) is 11.1 Å². The van der Waals surface area contributed by atoms with Crippen molar-refractivity contribution in [3.63, 3.8) is 0 Å². The molecule has 0 spiro atoms.